The number of rotatable bonds is 3. The molecule has 9 heteroatoms. The molecule has 4 aromatic rings. The first-order valence-electron chi connectivity index (χ1n) is 8.89. The van der Waals surface area contributed by atoms with Gasteiger partial charge in [0, 0.05) is 19.8 Å². The Morgan fingerprint density at radius 3 is 2.14 bits per heavy atom. The van der Waals surface area contributed by atoms with Crippen LogP contribution in [-0.4, -0.2) is 23.3 Å². The normalized spacial score (nSPS) is 12.4. The Morgan fingerprint density at radius 1 is 0.828 bits per heavy atom. The summed E-state index contributed by atoms with van der Waals surface area (Å²) in [5, 5.41) is 0. The fourth-order valence-electron chi connectivity index (χ4n) is 3.14. The van der Waals surface area contributed by atoms with E-state index in [4.69, 9.17) is 0 Å². The molecular formula is C20H19N5O3S. The Morgan fingerprint density at radius 2 is 1.45 bits per heavy atom. The van der Waals surface area contributed by atoms with Gasteiger partial charge in [-0.2, -0.15) is 0 Å². The van der Waals surface area contributed by atoms with Gasteiger partial charge in [-0.05, 0) is 50.2 Å². The minimum Gasteiger partial charge on any atom is -0.305 e. The van der Waals surface area contributed by atoms with Gasteiger partial charge in [-0.25, -0.2) is 14.2 Å². The smallest absolute Gasteiger partial charge is 0.305 e. The van der Waals surface area contributed by atoms with Gasteiger partial charge in [0.1, 0.15) is 11.0 Å². The molecule has 148 valence electrons. The monoisotopic (exact) mass is 409 g/mol. The van der Waals surface area contributed by atoms with E-state index in [2.05, 4.69) is 14.7 Å². The number of anilines is 1. The van der Waals surface area contributed by atoms with E-state index in [1.165, 1.54) is 16.2 Å². The van der Waals surface area contributed by atoms with Crippen LogP contribution in [0.15, 0.2) is 50.9 Å². The quantitative estimate of drug-likeness (QED) is 0.521. The molecule has 2 heterocycles. The van der Waals surface area contributed by atoms with Crippen molar-refractivity contribution in [2.24, 2.45) is 14.1 Å². The van der Waals surface area contributed by atoms with Crippen LogP contribution < -0.4 is 15.8 Å². The van der Waals surface area contributed by atoms with Gasteiger partial charge in [0.2, 0.25) is 0 Å². The molecular weight excluding hydrogens is 390 g/mol. The van der Waals surface area contributed by atoms with Gasteiger partial charge in [0.25, 0.3) is 0 Å². The van der Waals surface area contributed by atoms with E-state index in [1.54, 1.807) is 37.4 Å². The van der Waals surface area contributed by atoms with Crippen LogP contribution in [0.5, 0.6) is 0 Å². The van der Waals surface area contributed by atoms with Crippen LogP contribution in [0, 0.1) is 13.8 Å². The molecule has 0 saturated heterocycles. The van der Waals surface area contributed by atoms with Gasteiger partial charge < -0.3 is 13.9 Å². The zero-order valence-electron chi connectivity index (χ0n) is 16.4. The van der Waals surface area contributed by atoms with Crippen LogP contribution in [-0.2, 0) is 25.1 Å². The van der Waals surface area contributed by atoms with Crippen molar-refractivity contribution in [1.29, 1.82) is 0 Å². The third-order valence-corrected chi connectivity index (χ3v) is 6.06. The maximum absolute atomic E-state index is 12.9. The lowest BCUT2D eigenvalue weighted by Crippen LogP contribution is -2.39. The largest absolute Gasteiger partial charge is 0.316 e. The van der Waals surface area contributed by atoms with Crippen molar-refractivity contribution in [2.45, 2.75) is 18.7 Å². The highest BCUT2D eigenvalue weighted by Crippen LogP contribution is 2.21. The molecule has 0 saturated carbocycles. The summed E-state index contributed by atoms with van der Waals surface area (Å²) in [6.45, 7) is 3.80. The Bertz CT molecular complexity index is 1440. The summed E-state index contributed by atoms with van der Waals surface area (Å²) in [4.78, 5) is 33.5. The highest BCUT2D eigenvalue weighted by atomic mass is 32.2. The van der Waals surface area contributed by atoms with Crippen LogP contribution in [0.2, 0.25) is 0 Å². The molecule has 2 aromatic carbocycles. The number of aromatic nitrogens is 4. The van der Waals surface area contributed by atoms with Gasteiger partial charge in [0.05, 0.1) is 38.4 Å². The van der Waals surface area contributed by atoms with E-state index in [-0.39, 0.29) is 0 Å². The number of nitrogens with zero attached hydrogens (tertiary/aromatic N) is 4. The molecule has 0 amide bonds. The van der Waals surface area contributed by atoms with Crippen LogP contribution in [0.1, 0.15) is 11.4 Å². The molecule has 0 radical (unpaired) electrons. The zero-order valence-corrected chi connectivity index (χ0v) is 17.2. The average Bonchev–Trinajstić information content (AvgIpc) is 2.71. The standard InChI is InChI=1S/C20H19N5O3S/c1-11-12(2)22-16-9-13(5-7-15(16)21-11)23-29(28)14-6-8-17-18(10-14)25(4)20(27)19(26)24(17)3/h5-10,23H,1-4H3. The maximum Gasteiger partial charge on any atom is 0.316 e. The van der Waals surface area contributed by atoms with Gasteiger partial charge in [-0.15, -0.1) is 0 Å². The summed E-state index contributed by atoms with van der Waals surface area (Å²) in [5.41, 5.74) is 3.73. The zero-order chi connectivity index (χ0) is 20.9. The highest BCUT2D eigenvalue weighted by molar-refractivity contribution is 7.86. The first-order chi connectivity index (χ1) is 13.8. The number of aryl methyl sites for hydroxylation is 4. The van der Waals surface area contributed by atoms with Crippen LogP contribution >= 0.6 is 0 Å². The second kappa shape index (κ2) is 6.93. The second-order valence-corrected chi connectivity index (χ2v) is 8.06. The first kappa shape index (κ1) is 19.0. The Kier molecular flexibility index (Phi) is 4.54. The molecule has 4 rings (SSSR count). The molecule has 1 unspecified atom stereocenters. The SMILES string of the molecule is Cc1nc2ccc(NS(=O)c3ccc4c(c3)n(C)c(=O)c(=O)n4C)cc2nc1C. The molecule has 0 aliphatic rings. The molecule has 2 aromatic heterocycles. The topological polar surface area (TPSA) is 98.9 Å². The van der Waals surface area contributed by atoms with Gasteiger partial charge in [0.15, 0.2) is 0 Å². The van der Waals surface area contributed by atoms with Crippen molar-refractivity contribution in [3.63, 3.8) is 0 Å². The summed E-state index contributed by atoms with van der Waals surface area (Å²) in [6.07, 6.45) is 0. The van der Waals surface area contributed by atoms with Crippen LogP contribution in [0.4, 0.5) is 5.69 Å². The number of fused-ring (bicyclic) bond motifs is 2. The lowest BCUT2D eigenvalue weighted by Gasteiger charge is -2.11. The lowest BCUT2D eigenvalue weighted by atomic mass is 10.2. The summed E-state index contributed by atoms with van der Waals surface area (Å²) in [5.74, 6) is 0. The summed E-state index contributed by atoms with van der Waals surface area (Å²) >= 11 is 0. The van der Waals surface area contributed by atoms with Crippen molar-refractivity contribution < 1.29 is 4.21 Å². The molecule has 1 N–H and O–H groups in total. The minimum atomic E-state index is -1.57. The number of nitrogens with one attached hydrogen (secondary N) is 1. The number of benzene rings is 2. The summed E-state index contributed by atoms with van der Waals surface area (Å²) in [6, 6.07) is 10.4. The van der Waals surface area contributed by atoms with Gasteiger partial charge in [-0.3, -0.25) is 9.59 Å². The summed E-state index contributed by atoms with van der Waals surface area (Å²) in [7, 11) is 1.50. The molecule has 0 bridgehead atoms. The Labute approximate surface area is 168 Å². The molecule has 0 fully saturated rings. The Hall–Kier alpha value is -3.33. The fourth-order valence-corrected chi connectivity index (χ4v) is 4.01. The second-order valence-electron chi connectivity index (χ2n) is 6.85. The van der Waals surface area contributed by atoms with Gasteiger partial charge in [-0.1, -0.05) is 0 Å². The minimum absolute atomic E-state index is 0.484. The molecule has 0 aliphatic heterocycles. The lowest BCUT2D eigenvalue weighted by molar-refractivity contribution is 0.686. The molecule has 0 spiro atoms. The van der Waals surface area contributed by atoms with Crippen LogP contribution in [0.3, 0.4) is 0 Å². The summed E-state index contributed by atoms with van der Waals surface area (Å²) < 4.78 is 18.4. The van der Waals surface area contributed by atoms with E-state index in [9.17, 15) is 13.8 Å². The van der Waals surface area contributed by atoms with E-state index < -0.39 is 22.1 Å². The average molecular weight is 409 g/mol. The predicted molar refractivity (Wildman–Crippen MR) is 113 cm³/mol. The van der Waals surface area contributed by atoms with Gasteiger partial charge >= 0.3 is 11.1 Å². The van der Waals surface area contributed by atoms with E-state index in [0.29, 0.717) is 27.1 Å². The van der Waals surface area contributed by atoms with Crippen molar-refractivity contribution in [3.8, 4) is 0 Å². The maximum atomic E-state index is 12.9. The van der Waals surface area contributed by atoms with E-state index in [1.807, 2.05) is 19.9 Å². The molecule has 1 atom stereocenters. The molecule has 29 heavy (non-hydrogen) atoms. The Balaban J connectivity index is 1.72. The number of hydrogen-bond acceptors (Lipinski definition) is 5. The first-order valence-corrected chi connectivity index (χ1v) is 10.0. The van der Waals surface area contributed by atoms with Crippen molar-refractivity contribution in [3.05, 3.63) is 68.5 Å². The molecule has 0 aliphatic carbocycles. The van der Waals surface area contributed by atoms with Crippen molar-refractivity contribution in [2.75, 3.05) is 4.72 Å². The number of hydrogen-bond donors (Lipinski definition) is 1. The predicted octanol–water partition coefficient (Wildman–Crippen LogP) is 1.93. The third kappa shape index (κ3) is 3.23. The third-order valence-electron chi connectivity index (χ3n) is 4.96. The fraction of sp³-hybridized carbons (Fsp3) is 0.200. The van der Waals surface area contributed by atoms with Crippen molar-refractivity contribution >= 4 is 38.7 Å². The van der Waals surface area contributed by atoms with Crippen molar-refractivity contribution in [1.82, 2.24) is 19.1 Å². The van der Waals surface area contributed by atoms with E-state index in [0.717, 1.165) is 16.9 Å². The van der Waals surface area contributed by atoms with Crippen LogP contribution in [0.25, 0.3) is 22.1 Å². The van der Waals surface area contributed by atoms with E-state index >= 15 is 0 Å². The highest BCUT2D eigenvalue weighted by Gasteiger charge is 2.12. The molecule has 8 nitrogen and oxygen atoms in total.